The zero-order chi connectivity index (χ0) is 14.5. The number of piperazine rings is 1. The van der Waals surface area contributed by atoms with Crippen LogP contribution in [-0.2, 0) is 16.1 Å². The number of nitrogens with one attached hydrogen (secondary N) is 2. The zero-order valence-corrected chi connectivity index (χ0v) is 12.0. The van der Waals surface area contributed by atoms with Crippen LogP contribution in [0.2, 0.25) is 0 Å². The van der Waals surface area contributed by atoms with Gasteiger partial charge in [0.2, 0.25) is 11.8 Å². The third kappa shape index (κ3) is 3.57. The molecule has 0 atom stereocenters. The Hall–Kier alpha value is -1.88. The fraction of sp³-hybridized carbons (Fsp3) is 0.467. The maximum Gasteiger partial charge on any atom is 0.246 e. The summed E-state index contributed by atoms with van der Waals surface area (Å²) >= 11 is 0. The molecule has 2 rings (SSSR count). The summed E-state index contributed by atoms with van der Waals surface area (Å²) in [6.45, 7) is 6.33. The van der Waals surface area contributed by atoms with Crippen LogP contribution < -0.4 is 15.5 Å². The Morgan fingerprint density at radius 1 is 1.25 bits per heavy atom. The molecule has 2 N–H and O–H groups in total. The minimum absolute atomic E-state index is 0.232. The van der Waals surface area contributed by atoms with E-state index < -0.39 is 0 Å². The van der Waals surface area contributed by atoms with Gasteiger partial charge >= 0.3 is 0 Å². The van der Waals surface area contributed by atoms with E-state index in [9.17, 15) is 9.59 Å². The second kappa shape index (κ2) is 6.52. The van der Waals surface area contributed by atoms with Gasteiger partial charge in [0.25, 0.3) is 0 Å². The minimum atomic E-state index is -0.241. The molecule has 1 saturated heterocycles. The first kappa shape index (κ1) is 14.5. The van der Waals surface area contributed by atoms with Crippen molar-refractivity contribution in [2.75, 3.05) is 24.5 Å². The number of anilines is 1. The first-order chi connectivity index (χ1) is 9.60. The third-order valence-electron chi connectivity index (χ3n) is 3.27. The van der Waals surface area contributed by atoms with Gasteiger partial charge in [0, 0.05) is 12.2 Å². The summed E-state index contributed by atoms with van der Waals surface area (Å²) in [6, 6.07) is 6.11. The van der Waals surface area contributed by atoms with Crippen molar-refractivity contribution in [2.24, 2.45) is 0 Å². The van der Waals surface area contributed by atoms with Crippen molar-refractivity contribution in [3.63, 3.8) is 0 Å². The Bertz CT molecular complexity index is 498. The number of aryl methyl sites for hydroxylation is 1. The number of imide groups is 1. The van der Waals surface area contributed by atoms with Crippen molar-refractivity contribution in [3.05, 3.63) is 29.3 Å². The SMILES string of the molecule is CCCNCc1cc(C)ccc1N1CC(=O)NC(=O)C1. The molecular formula is C15H21N3O2. The minimum Gasteiger partial charge on any atom is -0.353 e. The molecule has 1 aromatic rings. The molecule has 0 unspecified atom stereocenters. The first-order valence-corrected chi connectivity index (χ1v) is 6.98. The molecule has 1 aliphatic heterocycles. The molecule has 0 bridgehead atoms. The Kier molecular flexibility index (Phi) is 4.74. The lowest BCUT2D eigenvalue weighted by atomic mass is 10.1. The quantitative estimate of drug-likeness (QED) is 0.620. The summed E-state index contributed by atoms with van der Waals surface area (Å²) in [6.07, 6.45) is 1.08. The van der Waals surface area contributed by atoms with Crippen LogP contribution in [0.15, 0.2) is 18.2 Å². The van der Waals surface area contributed by atoms with Gasteiger partial charge in [0.15, 0.2) is 0 Å². The molecule has 0 radical (unpaired) electrons. The van der Waals surface area contributed by atoms with E-state index in [2.05, 4.69) is 23.6 Å². The molecule has 20 heavy (non-hydrogen) atoms. The zero-order valence-electron chi connectivity index (χ0n) is 12.0. The Balaban J connectivity index is 2.20. The van der Waals surface area contributed by atoms with E-state index in [0.717, 1.165) is 30.8 Å². The average molecular weight is 275 g/mol. The van der Waals surface area contributed by atoms with Gasteiger partial charge in [0.05, 0.1) is 13.1 Å². The van der Waals surface area contributed by atoms with Crippen LogP contribution in [0, 0.1) is 6.92 Å². The first-order valence-electron chi connectivity index (χ1n) is 6.98. The molecule has 1 heterocycles. The summed E-state index contributed by atoms with van der Waals surface area (Å²) in [5, 5.41) is 5.70. The standard InChI is InChI=1S/C15H21N3O2/c1-3-6-16-8-12-7-11(2)4-5-13(12)18-9-14(19)17-15(20)10-18/h4-5,7,16H,3,6,8-10H2,1-2H3,(H,17,19,20). The van der Waals surface area contributed by atoms with Gasteiger partial charge in [-0.1, -0.05) is 24.6 Å². The predicted octanol–water partition coefficient (Wildman–Crippen LogP) is 0.957. The number of hydrogen-bond acceptors (Lipinski definition) is 4. The molecule has 0 saturated carbocycles. The molecule has 108 valence electrons. The van der Waals surface area contributed by atoms with E-state index in [1.54, 1.807) is 0 Å². The molecular weight excluding hydrogens is 254 g/mol. The van der Waals surface area contributed by atoms with Crippen molar-refractivity contribution < 1.29 is 9.59 Å². The van der Waals surface area contributed by atoms with E-state index in [0.29, 0.717) is 0 Å². The summed E-state index contributed by atoms with van der Waals surface area (Å²) in [5.74, 6) is -0.483. The van der Waals surface area contributed by atoms with Crippen molar-refractivity contribution in [3.8, 4) is 0 Å². The highest BCUT2D eigenvalue weighted by Crippen LogP contribution is 2.22. The second-order valence-corrected chi connectivity index (χ2v) is 5.14. The van der Waals surface area contributed by atoms with Gasteiger partial charge in [0.1, 0.15) is 0 Å². The number of amides is 2. The molecule has 0 aliphatic carbocycles. The Morgan fingerprint density at radius 3 is 2.60 bits per heavy atom. The highest BCUT2D eigenvalue weighted by Gasteiger charge is 2.24. The predicted molar refractivity (Wildman–Crippen MR) is 78.5 cm³/mol. The van der Waals surface area contributed by atoms with Crippen LogP contribution in [0.1, 0.15) is 24.5 Å². The van der Waals surface area contributed by atoms with Crippen LogP contribution in [0.5, 0.6) is 0 Å². The molecule has 5 heteroatoms. The van der Waals surface area contributed by atoms with E-state index in [1.807, 2.05) is 24.0 Å². The highest BCUT2D eigenvalue weighted by atomic mass is 16.2. The van der Waals surface area contributed by atoms with Gasteiger partial charge in [-0.2, -0.15) is 0 Å². The fourth-order valence-electron chi connectivity index (χ4n) is 2.37. The van der Waals surface area contributed by atoms with Crippen LogP contribution in [0.3, 0.4) is 0 Å². The summed E-state index contributed by atoms with van der Waals surface area (Å²) in [5.41, 5.74) is 3.26. The van der Waals surface area contributed by atoms with Gasteiger partial charge in [-0.15, -0.1) is 0 Å². The van der Waals surface area contributed by atoms with E-state index in [4.69, 9.17) is 0 Å². The lowest BCUT2D eigenvalue weighted by molar-refractivity contribution is -0.130. The Morgan fingerprint density at radius 2 is 1.95 bits per heavy atom. The average Bonchev–Trinajstić information content (AvgIpc) is 2.38. The van der Waals surface area contributed by atoms with E-state index in [1.165, 1.54) is 5.56 Å². The Labute approximate surface area is 119 Å². The number of benzene rings is 1. The van der Waals surface area contributed by atoms with Crippen LogP contribution in [0.25, 0.3) is 0 Å². The van der Waals surface area contributed by atoms with Gasteiger partial charge in [-0.25, -0.2) is 0 Å². The maximum absolute atomic E-state index is 11.5. The topological polar surface area (TPSA) is 61.4 Å². The number of carbonyl (C=O) groups is 2. The van der Waals surface area contributed by atoms with Gasteiger partial charge in [-0.3, -0.25) is 14.9 Å². The smallest absolute Gasteiger partial charge is 0.246 e. The number of carbonyl (C=O) groups excluding carboxylic acids is 2. The molecule has 1 aromatic carbocycles. The van der Waals surface area contributed by atoms with Crippen LogP contribution in [0.4, 0.5) is 5.69 Å². The number of rotatable bonds is 5. The van der Waals surface area contributed by atoms with Crippen molar-refractivity contribution >= 4 is 17.5 Å². The van der Waals surface area contributed by atoms with Crippen LogP contribution in [-0.4, -0.2) is 31.4 Å². The van der Waals surface area contributed by atoms with Gasteiger partial charge < -0.3 is 10.2 Å². The normalized spacial score (nSPS) is 15.4. The molecule has 5 nitrogen and oxygen atoms in total. The molecule has 1 fully saturated rings. The molecule has 2 amide bonds. The van der Waals surface area contributed by atoms with E-state index >= 15 is 0 Å². The molecule has 0 spiro atoms. The maximum atomic E-state index is 11.5. The van der Waals surface area contributed by atoms with Crippen molar-refractivity contribution in [1.29, 1.82) is 0 Å². The van der Waals surface area contributed by atoms with Gasteiger partial charge in [-0.05, 0) is 31.5 Å². The fourth-order valence-corrected chi connectivity index (χ4v) is 2.37. The van der Waals surface area contributed by atoms with Crippen molar-refractivity contribution in [1.82, 2.24) is 10.6 Å². The van der Waals surface area contributed by atoms with Crippen molar-refractivity contribution in [2.45, 2.75) is 26.8 Å². The lowest BCUT2D eigenvalue weighted by Gasteiger charge is -2.29. The third-order valence-corrected chi connectivity index (χ3v) is 3.27. The highest BCUT2D eigenvalue weighted by molar-refractivity contribution is 6.02. The second-order valence-electron chi connectivity index (χ2n) is 5.14. The summed E-state index contributed by atoms with van der Waals surface area (Å²) in [4.78, 5) is 24.9. The van der Waals surface area contributed by atoms with E-state index in [-0.39, 0.29) is 24.9 Å². The number of hydrogen-bond donors (Lipinski definition) is 2. The lowest BCUT2D eigenvalue weighted by Crippen LogP contribution is -2.51. The largest absolute Gasteiger partial charge is 0.353 e. The van der Waals surface area contributed by atoms with Crippen LogP contribution >= 0.6 is 0 Å². The molecule has 0 aromatic heterocycles. The number of nitrogens with zero attached hydrogens (tertiary/aromatic N) is 1. The summed E-state index contributed by atoms with van der Waals surface area (Å²) in [7, 11) is 0. The summed E-state index contributed by atoms with van der Waals surface area (Å²) < 4.78 is 0. The molecule has 1 aliphatic rings. The monoisotopic (exact) mass is 275 g/mol.